The van der Waals surface area contributed by atoms with Crippen LogP contribution < -0.4 is 5.73 Å². The zero-order chi connectivity index (χ0) is 8.43. The number of nitrogens with two attached hydrogens (primary N) is 1. The second-order valence-electron chi connectivity index (χ2n) is 2.56. The molecule has 11 heavy (non-hydrogen) atoms. The molecule has 0 aliphatic rings. The number of rotatable bonds is 1. The van der Waals surface area contributed by atoms with E-state index >= 15 is 0 Å². The van der Waals surface area contributed by atoms with Gasteiger partial charge in [0, 0.05) is 17.8 Å². The average Bonchev–Trinajstić information content (AvgIpc) is 1.96. The molecule has 0 saturated carbocycles. The summed E-state index contributed by atoms with van der Waals surface area (Å²) in [6.07, 6.45) is 0. The molecule has 0 aliphatic carbocycles. The number of aromatic hydroxyl groups is 1. The summed E-state index contributed by atoms with van der Waals surface area (Å²) in [7, 11) is 0. The molecule has 3 nitrogen and oxygen atoms in total. The van der Waals surface area contributed by atoms with E-state index in [0.717, 1.165) is 11.3 Å². The number of aromatic nitrogens is 1. The van der Waals surface area contributed by atoms with E-state index in [1.54, 1.807) is 13.0 Å². The molecule has 1 aromatic rings. The van der Waals surface area contributed by atoms with Crippen LogP contribution in [0, 0.1) is 13.8 Å². The van der Waals surface area contributed by atoms with Crippen LogP contribution in [0.3, 0.4) is 0 Å². The summed E-state index contributed by atoms with van der Waals surface area (Å²) in [5, 5.41) is 9.38. The van der Waals surface area contributed by atoms with Gasteiger partial charge in [-0.2, -0.15) is 0 Å². The lowest BCUT2D eigenvalue weighted by molar-refractivity contribution is 0.460. The van der Waals surface area contributed by atoms with Crippen LogP contribution in [0.2, 0.25) is 0 Å². The number of aryl methyl sites for hydroxylation is 2. The van der Waals surface area contributed by atoms with Crippen molar-refractivity contribution < 1.29 is 5.11 Å². The van der Waals surface area contributed by atoms with Crippen molar-refractivity contribution >= 4 is 0 Å². The van der Waals surface area contributed by atoms with Crippen molar-refractivity contribution in [1.82, 2.24) is 4.98 Å². The fraction of sp³-hybridized carbons (Fsp3) is 0.375. The molecule has 0 bridgehead atoms. The first-order valence-electron chi connectivity index (χ1n) is 3.51. The van der Waals surface area contributed by atoms with Crippen LogP contribution in [0.5, 0.6) is 5.75 Å². The van der Waals surface area contributed by atoms with Crippen LogP contribution in [-0.4, -0.2) is 10.1 Å². The van der Waals surface area contributed by atoms with E-state index in [0.29, 0.717) is 12.2 Å². The van der Waals surface area contributed by atoms with E-state index in [1.807, 2.05) is 6.92 Å². The molecule has 0 fully saturated rings. The van der Waals surface area contributed by atoms with Crippen LogP contribution >= 0.6 is 0 Å². The first-order valence-corrected chi connectivity index (χ1v) is 3.51. The third-order valence-electron chi connectivity index (χ3n) is 1.59. The third-order valence-corrected chi connectivity index (χ3v) is 1.59. The van der Waals surface area contributed by atoms with Gasteiger partial charge in [0.05, 0.1) is 5.69 Å². The molecule has 60 valence electrons. The fourth-order valence-electron chi connectivity index (χ4n) is 1.06. The van der Waals surface area contributed by atoms with Gasteiger partial charge in [-0.15, -0.1) is 0 Å². The highest BCUT2D eigenvalue weighted by atomic mass is 16.3. The number of hydrogen-bond donors (Lipinski definition) is 2. The largest absolute Gasteiger partial charge is 0.506 e. The molecule has 0 amide bonds. The summed E-state index contributed by atoms with van der Waals surface area (Å²) in [4.78, 5) is 4.08. The Balaban J connectivity index is 3.24. The highest BCUT2D eigenvalue weighted by Gasteiger charge is 2.03. The second kappa shape index (κ2) is 2.88. The topological polar surface area (TPSA) is 59.1 Å². The Bertz CT molecular complexity index is 271. The second-order valence-corrected chi connectivity index (χ2v) is 2.56. The van der Waals surface area contributed by atoms with E-state index < -0.39 is 0 Å². The number of nitrogens with zero attached hydrogens (tertiary/aromatic N) is 1. The maximum atomic E-state index is 9.38. The summed E-state index contributed by atoms with van der Waals surface area (Å²) in [5.74, 6) is 0.220. The van der Waals surface area contributed by atoms with E-state index in [1.165, 1.54) is 0 Å². The zero-order valence-corrected chi connectivity index (χ0v) is 6.76. The van der Waals surface area contributed by atoms with Gasteiger partial charge in [0.2, 0.25) is 0 Å². The molecule has 0 atom stereocenters. The van der Waals surface area contributed by atoms with Crippen molar-refractivity contribution in [3.63, 3.8) is 0 Å². The van der Waals surface area contributed by atoms with Crippen LogP contribution in [0.4, 0.5) is 0 Å². The molecular formula is C8H12N2O. The zero-order valence-electron chi connectivity index (χ0n) is 6.76. The lowest BCUT2D eigenvalue weighted by atomic mass is 10.2. The molecule has 1 heterocycles. The molecule has 0 unspecified atom stereocenters. The van der Waals surface area contributed by atoms with Gasteiger partial charge in [0.1, 0.15) is 5.75 Å². The molecule has 1 rings (SSSR count). The highest BCUT2D eigenvalue weighted by Crippen LogP contribution is 2.19. The van der Waals surface area contributed by atoms with Crippen molar-refractivity contribution in [2.24, 2.45) is 5.73 Å². The van der Waals surface area contributed by atoms with E-state index in [2.05, 4.69) is 4.98 Å². The summed E-state index contributed by atoms with van der Waals surface area (Å²) < 4.78 is 0. The van der Waals surface area contributed by atoms with Crippen LogP contribution in [0.25, 0.3) is 0 Å². The molecule has 0 radical (unpaired) electrons. The third kappa shape index (κ3) is 1.49. The summed E-state index contributed by atoms with van der Waals surface area (Å²) in [6, 6.07) is 1.79. The first kappa shape index (κ1) is 8.01. The predicted molar refractivity (Wildman–Crippen MR) is 43.3 cm³/mol. The maximum Gasteiger partial charge on any atom is 0.141 e. The standard InChI is InChI=1S/C8H12N2O/c1-5-3-7(4-9)8(11)6(2)10-5/h3,11H,4,9H2,1-2H3. The minimum absolute atomic E-state index is 0.220. The Morgan fingerprint density at radius 1 is 1.55 bits per heavy atom. The Morgan fingerprint density at radius 2 is 2.18 bits per heavy atom. The smallest absolute Gasteiger partial charge is 0.141 e. The fourth-order valence-corrected chi connectivity index (χ4v) is 1.06. The molecule has 0 saturated heterocycles. The normalized spacial score (nSPS) is 10.1. The van der Waals surface area contributed by atoms with Crippen molar-refractivity contribution in [2.45, 2.75) is 20.4 Å². The number of pyridine rings is 1. The minimum Gasteiger partial charge on any atom is -0.506 e. The maximum absolute atomic E-state index is 9.38. The molecular weight excluding hydrogens is 140 g/mol. The highest BCUT2D eigenvalue weighted by molar-refractivity contribution is 5.36. The first-order chi connectivity index (χ1) is 5.15. The lowest BCUT2D eigenvalue weighted by Gasteiger charge is -2.04. The summed E-state index contributed by atoms with van der Waals surface area (Å²) in [5.41, 5.74) is 7.69. The molecule has 3 heteroatoms. The van der Waals surface area contributed by atoms with Gasteiger partial charge in [-0.05, 0) is 19.9 Å². The van der Waals surface area contributed by atoms with Crippen molar-refractivity contribution in [1.29, 1.82) is 0 Å². The van der Waals surface area contributed by atoms with Crippen LogP contribution in [-0.2, 0) is 6.54 Å². The Labute approximate surface area is 65.9 Å². The van der Waals surface area contributed by atoms with E-state index in [9.17, 15) is 5.11 Å². The monoisotopic (exact) mass is 152 g/mol. The van der Waals surface area contributed by atoms with Gasteiger partial charge >= 0.3 is 0 Å². The minimum atomic E-state index is 0.220. The van der Waals surface area contributed by atoms with Gasteiger partial charge < -0.3 is 10.8 Å². The summed E-state index contributed by atoms with van der Waals surface area (Å²) >= 11 is 0. The van der Waals surface area contributed by atoms with Gasteiger partial charge in [0.15, 0.2) is 0 Å². The van der Waals surface area contributed by atoms with Gasteiger partial charge in [-0.3, -0.25) is 4.98 Å². The van der Waals surface area contributed by atoms with Crippen LogP contribution in [0.15, 0.2) is 6.07 Å². The lowest BCUT2D eigenvalue weighted by Crippen LogP contribution is -2.00. The van der Waals surface area contributed by atoms with E-state index in [4.69, 9.17) is 5.73 Å². The van der Waals surface area contributed by atoms with Crippen LogP contribution in [0.1, 0.15) is 17.0 Å². The van der Waals surface area contributed by atoms with Gasteiger partial charge in [0.25, 0.3) is 0 Å². The van der Waals surface area contributed by atoms with Gasteiger partial charge in [-0.1, -0.05) is 0 Å². The van der Waals surface area contributed by atoms with E-state index in [-0.39, 0.29) is 5.75 Å². The molecule has 3 N–H and O–H groups in total. The van der Waals surface area contributed by atoms with Crippen molar-refractivity contribution in [3.8, 4) is 5.75 Å². The Morgan fingerprint density at radius 3 is 2.73 bits per heavy atom. The van der Waals surface area contributed by atoms with Gasteiger partial charge in [-0.25, -0.2) is 0 Å². The molecule has 0 aromatic carbocycles. The molecule has 1 aromatic heterocycles. The van der Waals surface area contributed by atoms with Crippen molar-refractivity contribution in [2.75, 3.05) is 0 Å². The average molecular weight is 152 g/mol. The molecule has 0 aliphatic heterocycles. The number of hydrogen-bond acceptors (Lipinski definition) is 3. The summed E-state index contributed by atoms with van der Waals surface area (Å²) in [6.45, 7) is 4.00. The Kier molecular flexibility index (Phi) is 2.10. The predicted octanol–water partition coefficient (Wildman–Crippen LogP) is 0.863. The molecule has 0 spiro atoms. The van der Waals surface area contributed by atoms with Crippen molar-refractivity contribution in [3.05, 3.63) is 23.0 Å². The quantitative estimate of drug-likeness (QED) is 0.627. The Hall–Kier alpha value is -1.09. The SMILES string of the molecule is Cc1cc(CN)c(O)c(C)n1.